The van der Waals surface area contributed by atoms with E-state index < -0.39 is 0 Å². The number of benzene rings is 1. The number of aryl methyl sites for hydroxylation is 1. The third-order valence-corrected chi connectivity index (χ3v) is 4.52. The number of nitrogens with two attached hydrogens (primary N) is 1. The molecule has 0 unspecified atom stereocenters. The molecule has 0 heterocycles. The predicted octanol–water partition coefficient (Wildman–Crippen LogP) is 4.20. The van der Waals surface area contributed by atoms with Crippen molar-refractivity contribution >= 4 is 0 Å². The zero-order chi connectivity index (χ0) is 13.7. The van der Waals surface area contributed by atoms with Gasteiger partial charge in [0, 0.05) is 0 Å². The van der Waals surface area contributed by atoms with Crippen molar-refractivity contribution in [3.8, 4) is 0 Å². The molecule has 0 aromatic heterocycles. The van der Waals surface area contributed by atoms with E-state index in [1.54, 1.807) is 0 Å². The number of hydrogen-bond acceptors (Lipinski definition) is 1. The molecule has 0 saturated heterocycles. The topological polar surface area (TPSA) is 26.0 Å². The summed E-state index contributed by atoms with van der Waals surface area (Å²) in [5.41, 5.74) is 6.49. The predicted molar refractivity (Wildman–Crippen MR) is 73.9 cm³/mol. The van der Waals surface area contributed by atoms with Crippen molar-refractivity contribution in [3.63, 3.8) is 0 Å². The van der Waals surface area contributed by atoms with Crippen LogP contribution in [0.15, 0.2) is 18.2 Å². The lowest BCUT2D eigenvalue weighted by molar-refractivity contribution is 0.160. The number of hydrogen-bond donors (Lipinski definition) is 1. The van der Waals surface area contributed by atoms with Crippen LogP contribution in [0.3, 0.4) is 0 Å². The van der Waals surface area contributed by atoms with Crippen LogP contribution < -0.4 is 5.73 Å². The highest BCUT2D eigenvalue weighted by molar-refractivity contribution is 5.19. The molecule has 2 rings (SSSR count). The molecule has 1 nitrogen and oxygen atoms in total. The van der Waals surface area contributed by atoms with Crippen LogP contribution >= 0.6 is 0 Å². The molecule has 1 fully saturated rings. The summed E-state index contributed by atoms with van der Waals surface area (Å²) >= 11 is 0. The van der Waals surface area contributed by atoms with E-state index in [1.165, 1.54) is 50.3 Å². The summed E-state index contributed by atoms with van der Waals surface area (Å²) in [6.07, 6.45) is 8.68. The van der Waals surface area contributed by atoms with E-state index in [0.717, 1.165) is 12.8 Å². The molecular formula is C16H23F2N. The van der Waals surface area contributed by atoms with Gasteiger partial charge in [0.05, 0.1) is 0 Å². The Labute approximate surface area is 114 Å². The molecule has 0 amide bonds. The van der Waals surface area contributed by atoms with E-state index in [-0.39, 0.29) is 17.0 Å². The molecule has 0 aliphatic heterocycles. The lowest BCUT2D eigenvalue weighted by Crippen LogP contribution is -2.28. The smallest absolute Gasteiger partial charge is 0.126 e. The Morgan fingerprint density at radius 3 is 2.47 bits per heavy atom. The van der Waals surface area contributed by atoms with Gasteiger partial charge in [0.2, 0.25) is 0 Å². The van der Waals surface area contributed by atoms with E-state index in [2.05, 4.69) is 0 Å². The Balaban J connectivity index is 2.03. The molecule has 0 radical (unpaired) electrons. The first kappa shape index (κ1) is 14.4. The summed E-state index contributed by atoms with van der Waals surface area (Å²) in [6, 6.07) is 3.73. The Kier molecular flexibility index (Phi) is 4.92. The highest BCUT2D eigenvalue weighted by Crippen LogP contribution is 2.42. The summed E-state index contributed by atoms with van der Waals surface area (Å²) in [5.74, 6) is -0.645. The average Bonchev–Trinajstić information content (AvgIpc) is 2.41. The van der Waals surface area contributed by atoms with Gasteiger partial charge < -0.3 is 5.73 Å². The van der Waals surface area contributed by atoms with Crippen LogP contribution in [0.2, 0.25) is 0 Å². The minimum atomic E-state index is -0.354. The van der Waals surface area contributed by atoms with Crippen molar-refractivity contribution in [1.82, 2.24) is 0 Å². The van der Waals surface area contributed by atoms with E-state index in [9.17, 15) is 8.78 Å². The molecule has 1 aromatic rings. The standard InChI is InChI=1S/C16H23F2N/c17-14-4-5-15(18)13(12-14)6-9-16(10-11-19)7-2-1-3-8-16/h4-5,12H,1-3,6-11,19H2. The van der Waals surface area contributed by atoms with Crippen LogP contribution in [0, 0.1) is 17.0 Å². The summed E-state index contributed by atoms with van der Waals surface area (Å²) in [6.45, 7) is 0.686. The normalized spacial score (nSPS) is 18.5. The Hall–Kier alpha value is -0.960. The quantitative estimate of drug-likeness (QED) is 0.850. The largest absolute Gasteiger partial charge is 0.330 e. The van der Waals surface area contributed by atoms with Crippen molar-refractivity contribution in [2.45, 2.75) is 51.4 Å². The zero-order valence-electron chi connectivity index (χ0n) is 11.4. The maximum absolute atomic E-state index is 13.6. The van der Waals surface area contributed by atoms with Crippen molar-refractivity contribution in [1.29, 1.82) is 0 Å². The molecule has 1 aromatic carbocycles. The van der Waals surface area contributed by atoms with Crippen LogP contribution in [0.4, 0.5) is 8.78 Å². The van der Waals surface area contributed by atoms with Crippen LogP contribution in [0.25, 0.3) is 0 Å². The molecule has 1 aliphatic carbocycles. The molecule has 19 heavy (non-hydrogen) atoms. The minimum absolute atomic E-state index is 0.256. The maximum Gasteiger partial charge on any atom is 0.126 e. The third kappa shape index (κ3) is 3.75. The zero-order valence-corrected chi connectivity index (χ0v) is 11.4. The molecule has 106 valence electrons. The Bertz CT molecular complexity index is 406. The van der Waals surface area contributed by atoms with Crippen LogP contribution in [-0.4, -0.2) is 6.54 Å². The van der Waals surface area contributed by atoms with Gasteiger partial charge in [-0.2, -0.15) is 0 Å². The van der Waals surface area contributed by atoms with Crippen LogP contribution in [-0.2, 0) is 6.42 Å². The lowest BCUT2D eigenvalue weighted by Gasteiger charge is -2.37. The minimum Gasteiger partial charge on any atom is -0.330 e. The number of halogens is 2. The maximum atomic E-state index is 13.6. The van der Waals surface area contributed by atoms with Crippen molar-refractivity contribution in [2.24, 2.45) is 11.1 Å². The Morgan fingerprint density at radius 1 is 1.05 bits per heavy atom. The third-order valence-electron chi connectivity index (χ3n) is 4.52. The fourth-order valence-corrected chi connectivity index (χ4v) is 3.37. The molecule has 3 heteroatoms. The Morgan fingerprint density at radius 2 is 1.79 bits per heavy atom. The second kappa shape index (κ2) is 6.47. The molecular weight excluding hydrogens is 244 g/mol. The number of rotatable bonds is 5. The first-order valence-corrected chi connectivity index (χ1v) is 7.29. The van der Waals surface area contributed by atoms with Gasteiger partial charge in [-0.25, -0.2) is 8.78 Å². The van der Waals surface area contributed by atoms with Gasteiger partial charge in [-0.15, -0.1) is 0 Å². The van der Waals surface area contributed by atoms with E-state index in [0.29, 0.717) is 18.5 Å². The second-order valence-corrected chi connectivity index (χ2v) is 5.84. The first-order valence-electron chi connectivity index (χ1n) is 7.29. The molecule has 0 bridgehead atoms. The summed E-state index contributed by atoms with van der Waals surface area (Å²) in [7, 11) is 0. The van der Waals surface area contributed by atoms with Crippen LogP contribution in [0.5, 0.6) is 0 Å². The van der Waals surface area contributed by atoms with Gasteiger partial charge in [-0.1, -0.05) is 19.3 Å². The van der Waals surface area contributed by atoms with Crippen molar-refractivity contribution in [2.75, 3.05) is 6.54 Å². The van der Waals surface area contributed by atoms with Gasteiger partial charge in [-0.05, 0) is 67.8 Å². The highest BCUT2D eigenvalue weighted by atomic mass is 19.1. The van der Waals surface area contributed by atoms with E-state index in [4.69, 9.17) is 5.73 Å². The summed E-state index contributed by atoms with van der Waals surface area (Å²) in [4.78, 5) is 0. The molecule has 0 atom stereocenters. The highest BCUT2D eigenvalue weighted by Gasteiger charge is 2.30. The SMILES string of the molecule is NCCC1(CCc2cc(F)ccc2F)CCCCC1. The molecule has 0 spiro atoms. The van der Waals surface area contributed by atoms with Gasteiger partial charge in [0.25, 0.3) is 0 Å². The van der Waals surface area contributed by atoms with Gasteiger partial charge >= 0.3 is 0 Å². The fraction of sp³-hybridized carbons (Fsp3) is 0.625. The van der Waals surface area contributed by atoms with E-state index in [1.807, 2.05) is 0 Å². The lowest BCUT2D eigenvalue weighted by atomic mass is 9.68. The summed E-state index contributed by atoms with van der Waals surface area (Å²) < 4.78 is 26.8. The van der Waals surface area contributed by atoms with Gasteiger partial charge in [0.15, 0.2) is 0 Å². The summed E-state index contributed by atoms with van der Waals surface area (Å²) in [5, 5.41) is 0. The monoisotopic (exact) mass is 267 g/mol. The molecule has 1 aliphatic rings. The molecule has 2 N–H and O–H groups in total. The fourth-order valence-electron chi connectivity index (χ4n) is 3.37. The first-order chi connectivity index (χ1) is 9.15. The van der Waals surface area contributed by atoms with Crippen molar-refractivity contribution < 1.29 is 8.78 Å². The average molecular weight is 267 g/mol. The second-order valence-electron chi connectivity index (χ2n) is 5.84. The van der Waals surface area contributed by atoms with Gasteiger partial charge in [0.1, 0.15) is 11.6 Å². The van der Waals surface area contributed by atoms with Crippen LogP contribution in [0.1, 0.15) is 50.5 Å². The van der Waals surface area contributed by atoms with E-state index >= 15 is 0 Å². The van der Waals surface area contributed by atoms with Gasteiger partial charge in [-0.3, -0.25) is 0 Å². The molecule has 1 saturated carbocycles. The van der Waals surface area contributed by atoms with Crippen molar-refractivity contribution in [3.05, 3.63) is 35.4 Å².